The van der Waals surface area contributed by atoms with Crippen molar-refractivity contribution in [1.29, 1.82) is 0 Å². The standard InChI is InChI=1S/C11H14ClN3O3S/c1-14(6-4-8-16)19(17,18)11-10(12)13-9-5-2-3-7-15(9)11/h2-3,5,7,16H,4,6,8H2,1H3. The fourth-order valence-corrected chi connectivity index (χ4v) is 3.53. The van der Waals surface area contributed by atoms with Crippen molar-refractivity contribution in [2.24, 2.45) is 0 Å². The number of aromatic nitrogens is 2. The molecule has 0 radical (unpaired) electrons. The number of rotatable bonds is 5. The normalized spacial score (nSPS) is 12.4. The number of pyridine rings is 1. The fourth-order valence-electron chi connectivity index (χ4n) is 1.74. The molecule has 0 aliphatic carbocycles. The molecule has 0 fully saturated rings. The summed E-state index contributed by atoms with van der Waals surface area (Å²) in [6, 6.07) is 5.14. The van der Waals surface area contributed by atoms with Crippen LogP contribution in [0.5, 0.6) is 0 Å². The van der Waals surface area contributed by atoms with E-state index < -0.39 is 10.0 Å². The molecule has 0 amide bonds. The molecule has 2 aromatic rings. The Bertz CT molecular complexity index is 684. The molecule has 0 aliphatic rings. The van der Waals surface area contributed by atoms with Crippen molar-refractivity contribution < 1.29 is 13.5 Å². The summed E-state index contributed by atoms with van der Waals surface area (Å²) in [5, 5.41) is 8.67. The number of hydrogen-bond donors (Lipinski definition) is 1. The van der Waals surface area contributed by atoms with Crippen LogP contribution in [0.15, 0.2) is 29.4 Å². The Balaban J connectivity index is 2.51. The highest BCUT2D eigenvalue weighted by atomic mass is 35.5. The SMILES string of the molecule is CN(CCCO)S(=O)(=O)c1c(Cl)nc2ccccn12. The molecule has 2 aromatic heterocycles. The summed E-state index contributed by atoms with van der Waals surface area (Å²) in [7, 11) is -2.29. The van der Waals surface area contributed by atoms with Crippen molar-refractivity contribution in [3.05, 3.63) is 29.5 Å². The van der Waals surface area contributed by atoms with Gasteiger partial charge in [0.05, 0.1) is 0 Å². The minimum atomic E-state index is -3.73. The van der Waals surface area contributed by atoms with Crippen LogP contribution in [0.4, 0.5) is 0 Å². The van der Waals surface area contributed by atoms with Crippen molar-refractivity contribution in [3.8, 4) is 0 Å². The van der Waals surface area contributed by atoms with Crippen LogP contribution in [0, 0.1) is 0 Å². The summed E-state index contributed by atoms with van der Waals surface area (Å²) < 4.78 is 27.5. The lowest BCUT2D eigenvalue weighted by molar-refractivity contribution is 0.275. The van der Waals surface area contributed by atoms with Crippen molar-refractivity contribution in [1.82, 2.24) is 13.7 Å². The van der Waals surface area contributed by atoms with Crippen LogP contribution in [0.1, 0.15) is 6.42 Å². The monoisotopic (exact) mass is 303 g/mol. The number of aliphatic hydroxyl groups excluding tert-OH is 1. The molecule has 2 rings (SSSR count). The van der Waals surface area contributed by atoms with Crippen molar-refractivity contribution in [2.45, 2.75) is 11.4 Å². The Kier molecular flexibility index (Phi) is 4.10. The lowest BCUT2D eigenvalue weighted by Crippen LogP contribution is -2.29. The molecule has 0 unspecified atom stereocenters. The van der Waals surface area contributed by atoms with Gasteiger partial charge in [-0.3, -0.25) is 4.40 Å². The molecule has 0 aliphatic heterocycles. The molecule has 19 heavy (non-hydrogen) atoms. The Hall–Kier alpha value is -1.15. The maximum Gasteiger partial charge on any atom is 0.262 e. The summed E-state index contributed by atoms with van der Waals surface area (Å²) in [5.74, 6) is 0. The minimum Gasteiger partial charge on any atom is -0.396 e. The van der Waals surface area contributed by atoms with E-state index in [0.717, 1.165) is 4.31 Å². The lowest BCUT2D eigenvalue weighted by atomic mass is 10.5. The predicted molar refractivity (Wildman–Crippen MR) is 71.7 cm³/mol. The molecule has 2 heterocycles. The molecule has 0 saturated heterocycles. The zero-order chi connectivity index (χ0) is 14.0. The predicted octanol–water partition coefficient (Wildman–Crippen LogP) is 0.991. The molecule has 0 saturated carbocycles. The van der Waals surface area contributed by atoms with Crippen molar-refractivity contribution >= 4 is 27.3 Å². The fraction of sp³-hybridized carbons (Fsp3) is 0.364. The van der Waals surface area contributed by atoms with Gasteiger partial charge in [0, 0.05) is 26.4 Å². The van der Waals surface area contributed by atoms with Crippen LogP contribution in [0.25, 0.3) is 5.65 Å². The zero-order valence-electron chi connectivity index (χ0n) is 10.3. The first-order valence-electron chi connectivity index (χ1n) is 5.68. The van der Waals surface area contributed by atoms with E-state index >= 15 is 0 Å². The first kappa shape index (κ1) is 14.3. The quantitative estimate of drug-likeness (QED) is 0.894. The molecule has 6 nitrogen and oxygen atoms in total. The number of halogens is 1. The molecular weight excluding hydrogens is 290 g/mol. The Morgan fingerprint density at radius 2 is 2.21 bits per heavy atom. The first-order chi connectivity index (χ1) is 8.98. The highest BCUT2D eigenvalue weighted by molar-refractivity contribution is 7.89. The molecule has 1 N–H and O–H groups in total. The number of nitrogens with zero attached hydrogens (tertiary/aromatic N) is 3. The highest BCUT2D eigenvalue weighted by Gasteiger charge is 2.28. The molecular formula is C11H14ClN3O3S. The summed E-state index contributed by atoms with van der Waals surface area (Å²) in [4.78, 5) is 4.02. The van der Waals surface area contributed by atoms with Crippen LogP contribution in [-0.4, -0.2) is 47.4 Å². The van der Waals surface area contributed by atoms with Gasteiger partial charge in [0.15, 0.2) is 10.2 Å². The molecule has 0 aromatic carbocycles. The van der Waals surface area contributed by atoms with E-state index in [0.29, 0.717) is 12.1 Å². The van der Waals surface area contributed by atoms with Gasteiger partial charge >= 0.3 is 0 Å². The third-order valence-corrected chi connectivity index (χ3v) is 4.99. The summed E-state index contributed by atoms with van der Waals surface area (Å²) in [6.07, 6.45) is 1.96. The second-order valence-corrected chi connectivity index (χ2v) is 6.36. The molecule has 0 bridgehead atoms. The molecule has 0 spiro atoms. The summed E-state index contributed by atoms with van der Waals surface area (Å²) in [6.45, 7) is 0.149. The number of fused-ring (bicyclic) bond motifs is 1. The van der Waals surface area contributed by atoms with Crippen LogP contribution < -0.4 is 0 Å². The van der Waals surface area contributed by atoms with Crippen LogP contribution in [0.3, 0.4) is 0 Å². The van der Waals surface area contributed by atoms with Gasteiger partial charge in [0.2, 0.25) is 0 Å². The largest absolute Gasteiger partial charge is 0.396 e. The Labute approximate surface area is 116 Å². The third kappa shape index (κ3) is 2.59. The van der Waals surface area contributed by atoms with E-state index in [-0.39, 0.29) is 23.3 Å². The topological polar surface area (TPSA) is 74.9 Å². The highest BCUT2D eigenvalue weighted by Crippen LogP contribution is 2.25. The summed E-state index contributed by atoms with van der Waals surface area (Å²) in [5.41, 5.74) is 0.474. The van der Waals surface area contributed by atoms with Crippen LogP contribution in [0.2, 0.25) is 5.15 Å². The van der Waals surface area contributed by atoms with E-state index in [1.54, 1.807) is 24.4 Å². The van der Waals surface area contributed by atoms with E-state index in [1.165, 1.54) is 11.4 Å². The second kappa shape index (κ2) is 5.46. The molecule has 104 valence electrons. The van der Waals surface area contributed by atoms with E-state index in [9.17, 15) is 8.42 Å². The number of imidazole rings is 1. The van der Waals surface area contributed by atoms with Gasteiger partial charge in [-0.2, -0.15) is 4.31 Å². The second-order valence-electron chi connectivity index (χ2n) is 4.04. The zero-order valence-corrected chi connectivity index (χ0v) is 11.9. The van der Waals surface area contributed by atoms with Crippen LogP contribution in [-0.2, 0) is 10.0 Å². The van der Waals surface area contributed by atoms with Gasteiger partial charge in [-0.25, -0.2) is 13.4 Å². The van der Waals surface area contributed by atoms with Crippen molar-refractivity contribution in [2.75, 3.05) is 20.2 Å². The number of aliphatic hydroxyl groups is 1. The minimum absolute atomic E-state index is 0.0507. The van der Waals surface area contributed by atoms with E-state index in [2.05, 4.69) is 4.98 Å². The van der Waals surface area contributed by atoms with Gasteiger partial charge in [-0.15, -0.1) is 0 Å². The smallest absolute Gasteiger partial charge is 0.262 e. The van der Waals surface area contributed by atoms with E-state index in [1.807, 2.05) is 0 Å². The van der Waals surface area contributed by atoms with Crippen molar-refractivity contribution in [3.63, 3.8) is 0 Å². The first-order valence-corrected chi connectivity index (χ1v) is 7.50. The summed E-state index contributed by atoms with van der Waals surface area (Å²) >= 11 is 5.94. The molecule has 8 heteroatoms. The van der Waals surface area contributed by atoms with E-state index in [4.69, 9.17) is 16.7 Å². The van der Waals surface area contributed by atoms with Gasteiger partial charge in [0.1, 0.15) is 5.65 Å². The van der Waals surface area contributed by atoms with Gasteiger partial charge in [-0.05, 0) is 18.6 Å². The lowest BCUT2D eigenvalue weighted by Gasteiger charge is -2.16. The average molecular weight is 304 g/mol. The van der Waals surface area contributed by atoms with Crippen LogP contribution >= 0.6 is 11.6 Å². The van der Waals surface area contributed by atoms with Gasteiger partial charge in [0.25, 0.3) is 10.0 Å². The Morgan fingerprint density at radius 3 is 2.89 bits per heavy atom. The number of hydrogen-bond acceptors (Lipinski definition) is 4. The maximum absolute atomic E-state index is 12.4. The molecule has 0 atom stereocenters. The number of sulfonamides is 1. The third-order valence-electron chi connectivity index (χ3n) is 2.73. The maximum atomic E-state index is 12.4. The average Bonchev–Trinajstić information content (AvgIpc) is 2.72. The Morgan fingerprint density at radius 1 is 1.47 bits per heavy atom. The van der Waals surface area contributed by atoms with Gasteiger partial charge < -0.3 is 5.11 Å². The van der Waals surface area contributed by atoms with Gasteiger partial charge in [-0.1, -0.05) is 17.7 Å².